The Labute approximate surface area is 103 Å². The van der Waals surface area contributed by atoms with Gasteiger partial charge in [0.25, 0.3) is 0 Å². The fraction of sp³-hybridized carbons (Fsp3) is 0.750. The molecule has 0 radical (unpaired) electrons. The molecule has 1 fully saturated rings. The summed E-state index contributed by atoms with van der Waals surface area (Å²) in [5.41, 5.74) is 0. The summed E-state index contributed by atoms with van der Waals surface area (Å²) < 4.78 is 0. The topological polar surface area (TPSA) is 53.9 Å². The van der Waals surface area contributed by atoms with E-state index in [-0.39, 0.29) is 0 Å². The van der Waals surface area contributed by atoms with Crippen molar-refractivity contribution in [3.05, 3.63) is 6.20 Å². The van der Waals surface area contributed by atoms with Crippen molar-refractivity contribution in [2.45, 2.75) is 33.1 Å². The predicted molar refractivity (Wildman–Crippen MR) is 69.2 cm³/mol. The lowest BCUT2D eigenvalue weighted by atomic mass is 10.1. The van der Waals surface area contributed by atoms with Gasteiger partial charge in [-0.05, 0) is 25.2 Å². The standard InChI is InChI=1S/C12H21N5/c1-10(2)5-6-13-11-9-14-16-12(15-11)17-7-3-4-8-17/h9-10H,3-8H2,1-2H3,(H,13,15,16). The average Bonchev–Trinajstić information content (AvgIpc) is 2.82. The fourth-order valence-electron chi connectivity index (χ4n) is 1.92. The molecule has 2 rings (SSSR count). The first-order valence-corrected chi connectivity index (χ1v) is 6.44. The third kappa shape index (κ3) is 3.54. The molecular weight excluding hydrogens is 214 g/mol. The van der Waals surface area contributed by atoms with Gasteiger partial charge in [-0.1, -0.05) is 13.8 Å². The molecule has 0 saturated carbocycles. The van der Waals surface area contributed by atoms with Crippen LogP contribution in [-0.2, 0) is 0 Å². The quantitative estimate of drug-likeness (QED) is 0.845. The fourth-order valence-corrected chi connectivity index (χ4v) is 1.92. The number of rotatable bonds is 5. The molecule has 0 atom stereocenters. The molecule has 0 amide bonds. The van der Waals surface area contributed by atoms with Gasteiger partial charge in [0.1, 0.15) is 0 Å². The lowest BCUT2D eigenvalue weighted by Crippen LogP contribution is -2.21. The van der Waals surface area contributed by atoms with Crippen LogP contribution in [0.4, 0.5) is 11.8 Å². The highest BCUT2D eigenvalue weighted by atomic mass is 15.3. The van der Waals surface area contributed by atoms with Gasteiger partial charge in [0.05, 0.1) is 6.20 Å². The Morgan fingerprint density at radius 2 is 2.12 bits per heavy atom. The third-order valence-electron chi connectivity index (χ3n) is 2.96. The Morgan fingerprint density at radius 3 is 2.82 bits per heavy atom. The van der Waals surface area contributed by atoms with Crippen molar-refractivity contribution in [3.63, 3.8) is 0 Å². The SMILES string of the molecule is CC(C)CCNc1cnnc(N2CCCC2)n1. The molecule has 1 saturated heterocycles. The lowest BCUT2D eigenvalue weighted by molar-refractivity contribution is 0.606. The van der Waals surface area contributed by atoms with E-state index in [1.807, 2.05) is 0 Å². The molecule has 17 heavy (non-hydrogen) atoms. The molecule has 94 valence electrons. The highest BCUT2D eigenvalue weighted by molar-refractivity contribution is 5.39. The molecule has 0 aromatic carbocycles. The van der Waals surface area contributed by atoms with Crippen LogP contribution in [0.2, 0.25) is 0 Å². The molecule has 0 aliphatic carbocycles. The van der Waals surface area contributed by atoms with Crippen LogP contribution in [0.15, 0.2) is 6.20 Å². The average molecular weight is 235 g/mol. The minimum absolute atomic E-state index is 0.704. The summed E-state index contributed by atoms with van der Waals surface area (Å²) in [7, 11) is 0. The number of aromatic nitrogens is 3. The normalized spacial score (nSPS) is 15.6. The summed E-state index contributed by atoms with van der Waals surface area (Å²) >= 11 is 0. The third-order valence-corrected chi connectivity index (χ3v) is 2.96. The number of nitrogens with one attached hydrogen (secondary N) is 1. The minimum atomic E-state index is 0.704. The minimum Gasteiger partial charge on any atom is -0.369 e. The molecule has 1 aliphatic heterocycles. The number of hydrogen-bond acceptors (Lipinski definition) is 5. The summed E-state index contributed by atoms with van der Waals surface area (Å²) in [6.45, 7) is 7.48. The summed E-state index contributed by atoms with van der Waals surface area (Å²) in [6.07, 6.45) is 5.30. The first-order valence-electron chi connectivity index (χ1n) is 6.44. The first kappa shape index (κ1) is 12.1. The number of anilines is 2. The van der Waals surface area contributed by atoms with Gasteiger partial charge in [-0.25, -0.2) is 0 Å². The Kier molecular flexibility index (Phi) is 4.12. The largest absolute Gasteiger partial charge is 0.369 e. The van der Waals surface area contributed by atoms with E-state index >= 15 is 0 Å². The van der Waals surface area contributed by atoms with E-state index in [9.17, 15) is 0 Å². The van der Waals surface area contributed by atoms with Crippen molar-refractivity contribution >= 4 is 11.8 Å². The van der Waals surface area contributed by atoms with Gasteiger partial charge in [0, 0.05) is 19.6 Å². The molecule has 0 unspecified atom stereocenters. The van der Waals surface area contributed by atoms with Crippen LogP contribution in [0.3, 0.4) is 0 Å². The summed E-state index contributed by atoms with van der Waals surface area (Å²) in [5.74, 6) is 2.30. The van der Waals surface area contributed by atoms with Crippen molar-refractivity contribution in [2.24, 2.45) is 5.92 Å². The van der Waals surface area contributed by atoms with Gasteiger partial charge >= 0.3 is 0 Å². The predicted octanol–water partition coefficient (Wildman–Crippen LogP) is 1.93. The van der Waals surface area contributed by atoms with Crippen LogP contribution in [0.1, 0.15) is 33.1 Å². The van der Waals surface area contributed by atoms with E-state index in [0.29, 0.717) is 5.92 Å². The van der Waals surface area contributed by atoms with Gasteiger partial charge in [0.15, 0.2) is 5.82 Å². The van der Waals surface area contributed by atoms with Crippen molar-refractivity contribution < 1.29 is 0 Å². The van der Waals surface area contributed by atoms with Gasteiger partial charge in [-0.3, -0.25) is 0 Å². The maximum Gasteiger partial charge on any atom is 0.247 e. The van der Waals surface area contributed by atoms with Crippen LogP contribution < -0.4 is 10.2 Å². The van der Waals surface area contributed by atoms with Gasteiger partial charge in [0.2, 0.25) is 5.95 Å². The Balaban J connectivity index is 1.91. The van der Waals surface area contributed by atoms with E-state index in [4.69, 9.17) is 0 Å². The van der Waals surface area contributed by atoms with Crippen molar-refractivity contribution in [1.82, 2.24) is 15.2 Å². The Hall–Kier alpha value is -1.39. The summed E-state index contributed by atoms with van der Waals surface area (Å²) in [4.78, 5) is 6.69. The molecule has 1 aliphatic rings. The first-order chi connectivity index (χ1) is 8.25. The monoisotopic (exact) mass is 235 g/mol. The van der Waals surface area contributed by atoms with Crippen molar-refractivity contribution in [2.75, 3.05) is 29.9 Å². The maximum atomic E-state index is 4.49. The molecule has 1 aromatic heterocycles. The molecule has 0 spiro atoms. The van der Waals surface area contributed by atoms with E-state index in [2.05, 4.69) is 39.2 Å². The number of nitrogens with zero attached hydrogens (tertiary/aromatic N) is 4. The van der Waals surface area contributed by atoms with Crippen LogP contribution >= 0.6 is 0 Å². The smallest absolute Gasteiger partial charge is 0.247 e. The van der Waals surface area contributed by atoms with Gasteiger partial charge in [-0.15, -0.1) is 5.10 Å². The zero-order valence-corrected chi connectivity index (χ0v) is 10.7. The van der Waals surface area contributed by atoms with Crippen LogP contribution in [-0.4, -0.2) is 34.8 Å². The number of hydrogen-bond donors (Lipinski definition) is 1. The summed E-state index contributed by atoms with van der Waals surface area (Å²) in [6, 6.07) is 0. The second-order valence-corrected chi connectivity index (χ2v) is 4.95. The Bertz CT molecular complexity index is 347. The zero-order chi connectivity index (χ0) is 12.1. The van der Waals surface area contributed by atoms with Crippen LogP contribution in [0, 0.1) is 5.92 Å². The second kappa shape index (κ2) is 5.80. The highest BCUT2D eigenvalue weighted by Gasteiger charge is 2.15. The maximum absolute atomic E-state index is 4.49. The Morgan fingerprint density at radius 1 is 1.35 bits per heavy atom. The molecule has 1 N–H and O–H groups in total. The van der Waals surface area contributed by atoms with Crippen LogP contribution in [0.5, 0.6) is 0 Å². The van der Waals surface area contributed by atoms with Gasteiger partial charge < -0.3 is 10.2 Å². The van der Waals surface area contributed by atoms with E-state index < -0.39 is 0 Å². The van der Waals surface area contributed by atoms with Gasteiger partial charge in [-0.2, -0.15) is 10.1 Å². The lowest BCUT2D eigenvalue weighted by Gasteiger charge is -2.15. The van der Waals surface area contributed by atoms with E-state index in [0.717, 1.165) is 37.8 Å². The molecular formula is C12H21N5. The van der Waals surface area contributed by atoms with Crippen molar-refractivity contribution in [3.8, 4) is 0 Å². The second-order valence-electron chi connectivity index (χ2n) is 4.95. The molecule has 5 heteroatoms. The molecule has 1 aromatic rings. The zero-order valence-electron chi connectivity index (χ0n) is 10.7. The van der Waals surface area contributed by atoms with Crippen molar-refractivity contribution in [1.29, 1.82) is 0 Å². The van der Waals surface area contributed by atoms with E-state index in [1.165, 1.54) is 12.8 Å². The highest BCUT2D eigenvalue weighted by Crippen LogP contribution is 2.15. The van der Waals surface area contributed by atoms with Crippen LogP contribution in [0.25, 0.3) is 0 Å². The molecule has 0 bridgehead atoms. The summed E-state index contributed by atoms with van der Waals surface area (Å²) in [5, 5.41) is 11.4. The molecule has 2 heterocycles. The molecule has 5 nitrogen and oxygen atoms in total. The van der Waals surface area contributed by atoms with E-state index in [1.54, 1.807) is 6.20 Å².